The molecule has 6 amide bonds. The predicted molar refractivity (Wildman–Crippen MR) is 142 cm³/mol. The lowest BCUT2D eigenvalue weighted by molar-refractivity contribution is -0.162. The highest BCUT2D eigenvalue weighted by molar-refractivity contribution is 5.94. The Morgan fingerprint density at radius 3 is 2.36 bits per heavy atom. The summed E-state index contributed by atoms with van der Waals surface area (Å²) < 4.78 is 0. The second-order valence-corrected chi connectivity index (χ2v) is 9.44. The summed E-state index contributed by atoms with van der Waals surface area (Å²) in [5, 5.41) is 9.02. The largest absolute Gasteiger partial charge is 0.370 e. The maximum absolute atomic E-state index is 13.2. The van der Waals surface area contributed by atoms with Crippen molar-refractivity contribution in [3.05, 3.63) is 12.2 Å². The van der Waals surface area contributed by atoms with E-state index >= 15 is 0 Å². The van der Waals surface area contributed by atoms with Crippen LogP contribution in [0.5, 0.6) is 0 Å². The molecule has 0 aromatic rings. The maximum atomic E-state index is 13.2. The topological polar surface area (TPSA) is 206 Å². The van der Waals surface area contributed by atoms with Crippen molar-refractivity contribution < 1.29 is 33.6 Å². The van der Waals surface area contributed by atoms with Crippen molar-refractivity contribution in [3.8, 4) is 0 Å². The molecule has 1 aliphatic rings. The number of likely N-dealkylation sites (N-methyl/N-ethyl adjacent to an activating group) is 1. The molecular formula is C25H43N7O7. The van der Waals surface area contributed by atoms with E-state index in [2.05, 4.69) is 16.0 Å². The van der Waals surface area contributed by atoms with Gasteiger partial charge >= 0.3 is 0 Å². The predicted octanol–water partition coefficient (Wildman–Crippen LogP) is -1.56. The van der Waals surface area contributed by atoms with Crippen LogP contribution in [0, 0.1) is 0 Å². The van der Waals surface area contributed by atoms with Crippen molar-refractivity contribution in [3.63, 3.8) is 0 Å². The summed E-state index contributed by atoms with van der Waals surface area (Å²) in [6, 6.07) is -3.31. The number of hydrogen-bond acceptors (Lipinski definition) is 8. The standard InChI is InChI=1S/C25H43N7O7/c1-16(28-25(38)20-9-7-15-32(20)17(2)33)23(36)30-19(8-5-6-14-26)24(37)29-18(10-12-21(27)34)11-13-22(35)31(3)39-4/h11,13,16,18-20H,5-10,12,14-15,26H2,1-4H3,(H2,27,34)(H,28,38)(H,29,37)(H,30,36)/b13-11+/t16-,18-,19-,20-/m0/s1. The first-order valence-electron chi connectivity index (χ1n) is 13.1. The fourth-order valence-electron chi connectivity index (χ4n) is 4.04. The van der Waals surface area contributed by atoms with Crippen molar-refractivity contribution in [2.45, 2.75) is 83.0 Å². The van der Waals surface area contributed by atoms with Crippen LogP contribution in [-0.2, 0) is 33.6 Å². The van der Waals surface area contributed by atoms with Crippen LogP contribution in [0.1, 0.15) is 58.8 Å². The molecule has 4 atom stereocenters. The minimum absolute atomic E-state index is 0.0463. The Morgan fingerprint density at radius 2 is 1.77 bits per heavy atom. The van der Waals surface area contributed by atoms with E-state index in [-0.39, 0.29) is 25.2 Å². The van der Waals surface area contributed by atoms with Crippen molar-refractivity contribution in [2.24, 2.45) is 11.5 Å². The first-order valence-corrected chi connectivity index (χ1v) is 13.1. The molecule has 220 valence electrons. The van der Waals surface area contributed by atoms with Gasteiger partial charge in [-0.3, -0.25) is 33.6 Å². The quantitative estimate of drug-likeness (QED) is 0.0856. The van der Waals surface area contributed by atoms with Crippen LogP contribution in [0.2, 0.25) is 0 Å². The number of hydroxylamine groups is 2. The van der Waals surface area contributed by atoms with Gasteiger partial charge in [0, 0.05) is 39.1 Å². The average Bonchev–Trinajstić information content (AvgIpc) is 3.39. The molecule has 39 heavy (non-hydrogen) atoms. The molecule has 0 aromatic heterocycles. The normalized spacial score (nSPS) is 17.3. The Balaban J connectivity index is 2.92. The molecule has 0 aliphatic carbocycles. The van der Waals surface area contributed by atoms with Crippen molar-refractivity contribution in [2.75, 3.05) is 27.2 Å². The number of rotatable bonds is 16. The number of nitrogens with one attached hydrogen (secondary N) is 3. The molecule has 7 N–H and O–H groups in total. The van der Waals surface area contributed by atoms with E-state index in [4.69, 9.17) is 16.3 Å². The second kappa shape index (κ2) is 17.1. The van der Waals surface area contributed by atoms with Gasteiger partial charge in [0.2, 0.25) is 29.5 Å². The Hall–Kier alpha value is -3.52. The molecule has 0 spiro atoms. The third kappa shape index (κ3) is 11.8. The van der Waals surface area contributed by atoms with Gasteiger partial charge in [-0.1, -0.05) is 6.08 Å². The minimum Gasteiger partial charge on any atom is -0.370 e. The highest BCUT2D eigenvalue weighted by Gasteiger charge is 2.34. The summed E-state index contributed by atoms with van der Waals surface area (Å²) in [6.07, 6.45) is 5.34. The van der Waals surface area contributed by atoms with Crippen LogP contribution in [0.4, 0.5) is 0 Å². The molecule has 0 radical (unpaired) electrons. The molecule has 1 saturated heterocycles. The molecule has 1 fully saturated rings. The molecule has 14 nitrogen and oxygen atoms in total. The van der Waals surface area contributed by atoms with Gasteiger partial charge in [-0.2, -0.15) is 0 Å². The fraction of sp³-hybridized carbons (Fsp3) is 0.680. The minimum atomic E-state index is -0.968. The lowest BCUT2D eigenvalue weighted by Crippen LogP contribution is -2.56. The third-order valence-electron chi connectivity index (χ3n) is 6.38. The Bertz CT molecular complexity index is 911. The maximum Gasteiger partial charge on any atom is 0.269 e. The fourth-order valence-corrected chi connectivity index (χ4v) is 4.04. The lowest BCUT2D eigenvalue weighted by atomic mass is 10.1. The van der Waals surface area contributed by atoms with Gasteiger partial charge in [0.15, 0.2) is 0 Å². The molecule has 1 rings (SSSR count). The van der Waals surface area contributed by atoms with E-state index in [9.17, 15) is 28.8 Å². The molecule has 1 aliphatic heterocycles. The number of unbranched alkanes of at least 4 members (excludes halogenated alkanes) is 1. The zero-order chi connectivity index (χ0) is 29.5. The van der Waals surface area contributed by atoms with Crippen LogP contribution < -0.4 is 27.4 Å². The molecule has 14 heteroatoms. The van der Waals surface area contributed by atoms with Gasteiger partial charge in [0.1, 0.15) is 18.1 Å². The van der Waals surface area contributed by atoms with Crippen LogP contribution in [0.3, 0.4) is 0 Å². The van der Waals surface area contributed by atoms with Gasteiger partial charge in [0.05, 0.1) is 7.11 Å². The highest BCUT2D eigenvalue weighted by atomic mass is 16.7. The molecule has 0 bridgehead atoms. The van der Waals surface area contributed by atoms with E-state index in [0.29, 0.717) is 38.8 Å². The summed E-state index contributed by atoms with van der Waals surface area (Å²) in [7, 11) is 2.74. The summed E-state index contributed by atoms with van der Waals surface area (Å²) in [5.41, 5.74) is 10.8. The molecular weight excluding hydrogens is 510 g/mol. The van der Waals surface area contributed by atoms with Crippen molar-refractivity contribution >= 4 is 35.4 Å². The number of nitrogens with two attached hydrogens (primary N) is 2. The van der Waals surface area contributed by atoms with E-state index in [0.717, 1.165) is 5.06 Å². The summed E-state index contributed by atoms with van der Waals surface area (Å²) >= 11 is 0. The number of nitrogens with zero attached hydrogens (tertiary/aromatic N) is 2. The van der Waals surface area contributed by atoms with E-state index in [1.807, 2.05) is 0 Å². The first-order chi connectivity index (χ1) is 18.4. The lowest BCUT2D eigenvalue weighted by Gasteiger charge is -2.26. The number of hydrogen-bond donors (Lipinski definition) is 5. The highest BCUT2D eigenvalue weighted by Crippen LogP contribution is 2.17. The first kappa shape index (κ1) is 33.5. The second-order valence-electron chi connectivity index (χ2n) is 9.44. The number of amides is 6. The molecule has 0 saturated carbocycles. The van der Waals surface area contributed by atoms with Gasteiger partial charge in [-0.25, -0.2) is 5.06 Å². The van der Waals surface area contributed by atoms with Gasteiger partial charge in [-0.15, -0.1) is 0 Å². The molecule has 1 heterocycles. The SMILES string of the molecule is CON(C)C(=O)/C=C/[C@H](CCC(N)=O)NC(=O)[C@H](CCCCN)NC(=O)[C@H](C)NC(=O)[C@@H]1CCCN1C(C)=O. The monoisotopic (exact) mass is 553 g/mol. The summed E-state index contributed by atoms with van der Waals surface area (Å²) in [6.45, 7) is 3.77. The Kier molecular flexibility index (Phi) is 14.7. The van der Waals surface area contributed by atoms with Crippen LogP contribution in [-0.4, -0.2) is 96.8 Å². The van der Waals surface area contributed by atoms with Gasteiger partial charge in [0.25, 0.3) is 5.91 Å². The van der Waals surface area contributed by atoms with E-state index < -0.39 is 53.7 Å². The summed E-state index contributed by atoms with van der Waals surface area (Å²) in [4.78, 5) is 80.3. The molecule has 0 unspecified atom stereocenters. The number of carbonyl (C=O) groups is 6. The van der Waals surface area contributed by atoms with Crippen molar-refractivity contribution in [1.82, 2.24) is 25.9 Å². The Labute approximate surface area is 229 Å². The van der Waals surface area contributed by atoms with E-state index in [1.54, 1.807) is 0 Å². The zero-order valence-corrected chi connectivity index (χ0v) is 23.2. The summed E-state index contributed by atoms with van der Waals surface area (Å²) in [5.74, 6) is -2.83. The number of carbonyl (C=O) groups excluding carboxylic acids is 6. The van der Waals surface area contributed by atoms with E-state index in [1.165, 1.54) is 45.1 Å². The van der Waals surface area contributed by atoms with Gasteiger partial charge in [-0.05, 0) is 52.0 Å². The number of primary amides is 1. The zero-order valence-electron chi connectivity index (χ0n) is 23.2. The van der Waals surface area contributed by atoms with Crippen LogP contribution >= 0.6 is 0 Å². The van der Waals surface area contributed by atoms with Gasteiger partial charge < -0.3 is 32.3 Å². The molecule has 0 aromatic carbocycles. The van der Waals surface area contributed by atoms with Crippen LogP contribution in [0.15, 0.2) is 12.2 Å². The van der Waals surface area contributed by atoms with Crippen molar-refractivity contribution in [1.29, 1.82) is 0 Å². The third-order valence-corrected chi connectivity index (χ3v) is 6.38. The number of likely N-dealkylation sites (tertiary alicyclic amines) is 1. The Morgan fingerprint density at radius 1 is 1.08 bits per heavy atom. The smallest absolute Gasteiger partial charge is 0.269 e. The van der Waals surface area contributed by atoms with Crippen LogP contribution in [0.25, 0.3) is 0 Å². The average molecular weight is 554 g/mol.